The third-order valence-corrected chi connectivity index (χ3v) is 5.66. The molecular weight excluding hydrogens is 370 g/mol. The van der Waals surface area contributed by atoms with Gasteiger partial charge in [-0.1, -0.05) is 0 Å². The van der Waals surface area contributed by atoms with Gasteiger partial charge < -0.3 is 19.5 Å². The van der Waals surface area contributed by atoms with Crippen LogP contribution in [0.25, 0.3) is 0 Å². The second-order valence-electron chi connectivity index (χ2n) is 7.59. The number of benzene rings is 1. The van der Waals surface area contributed by atoms with Crippen molar-refractivity contribution in [1.82, 2.24) is 9.88 Å². The van der Waals surface area contributed by atoms with E-state index in [9.17, 15) is 4.79 Å². The van der Waals surface area contributed by atoms with Gasteiger partial charge in [0.1, 0.15) is 11.5 Å². The van der Waals surface area contributed by atoms with E-state index < -0.39 is 0 Å². The van der Waals surface area contributed by atoms with Crippen molar-refractivity contribution in [2.75, 3.05) is 38.7 Å². The molecule has 7 nitrogen and oxygen atoms in total. The summed E-state index contributed by atoms with van der Waals surface area (Å²) in [5, 5.41) is 2.95. The third-order valence-electron chi connectivity index (χ3n) is 5.66. The van der Waals surface area contributed by atoms with E-state index in [1.165, 1.54) is 0 Å². The Morgan fingerprint density at radius 3 is 2.83 bits per heavy atom. The molecule has 2 atom stereocenters. The van der Waals surface area contributed by atoms with Crippen LogP contribution in [0.15, 0.2) is 48.8 Å². The van der Waals surface area contributed by atoms with Gasteiger partial charge in [0, 0.05) is 38.7 Å². The summed E-state index contributed by atoms with van der Waals surface area (Å²) in [5.74, 6) is 1.33. The summed E-state index contributed by atoms with van der Waals surface area (Å²) in [5.41, 5.74) is 0.579. The Bertz CT molecular complexity index is 807. The van der Waals surface area contributed by atoms with Gasteiger partial charge in [0.05, 0.1) is 24.4 Å². The highest BCUT2D eigenvalue weighted by atomic mass is 16.5. The Morgan fingerprint density at radius 1 is 1.28 bits per heavy atom. The molecule has 1 aromatic carbocycles. The maximum atomic E-state index is 12.5. The number of aromatic nitrogens is 1. The Hall–Kier alpha value is -2.48. The molecule has 2 aromatic rings. The molecule has 1 N–H and O–H groups in total. The largest absolute Gasteiger partial charge is 0.456 e. The van der Waals surface area contributed by atoms with Crippen molar-refractivity contribution in [3.63, 3.8) is 0 Å². The molecule has 0 aliphatic carbocycles. The topological polar surface area (TPSA) is 72.9 Å². The second-order valence-corrected chi connectivity index (χ2v) is 7.59. The van der Waals surface area contributed by atoms with Crippen LogP contribution in [0, 0.1) is 0 Å². The molecule has 1 spiro atoms. The van der Waals surface area contributed by atoms with Crippen LogP contribution >= 0.6 is 0 Å². The Labute approximate surface area is 171 Å². The average Bonchev–Trinajstić information content (AvgIpc) is 3.21. The lowest BCUT2D eigenvalue weighted by molar-refractivity contribution is -0.145. The molecule has 7 heteroatoms. The molecule has 0 radical (unpaired) electrons. The van der Waals surface area contributed by atoms with E-state index in [2.05, 4.69) is 15.2 Å². The summed E-state index contributed by atoms with van der Waals surface area (Å²) in [6.07, 6.45) is 6.39. The van der Waals surface area contributed by atoms with Crippen molar-refractivity contribution in [3.05, 3.63) is 48.8 Å². The first kappa shape index (κ1) is 19.8. The molecule has 3 heterocycles. The van der Waals surface area contributed by atoms with Gasteiger partial charge in [0.15, 0.2) is 0 Å². The van der Waals surface area contributed by atoms with Gasteiger partial charge in [-0.3, -0.25) is 14.7 Å². The number of anilines is 1. The van der Waals surface area contributed by atoms with Gasteiger partial charge in [0.25, 0.3) is 0 Å². The number of nitrogens with one attached hydrogen (secondary N) is 1. The lowest BCUT2D eigenvalue weighted by atomic mass is 9.86. The van der Waals surface area contributed by atoms with Crippen molar-refractivity contribution >= 4 is 11.6 Å². The number of carbonyl (C=O) groups excluding carboxylic acids is 1. The number of amides is 1. The van der Waals surface area contributed by atoms with Crippen molar-refractivity contribution in [3.8, 4) is 11.5 Å². The molecule has 154 valence electrons. The number of nitrogens with zero attached hydrogens (tertiary/aromatic N) is 2. The fourth-order valence-corrected chi connectivity index (χ4v) is 4.16. The van der Waals surface area contributed by atoms with Crippen LogP contribution in [0.3, 0.4) is 0 Å². The van der Waals surface area contributed by atoms with E-state index in [1.807, 2.05) is 36.4 Å². The van der Waals surface area contributed by atoms with Gasteiger partial charge in [-0.15, -0.1) is 0 Å². The number of piperidine rings is 1. The van der Waals surface area contributed by atoms with E-state index in [4.69, 9.17) is 14.2 Å². The van der Waals surface area contributed by atoms with Gasteiger partial charge in [0.2, 0.25) is 5.91 Å². The van der Waals surface area contributed by atoms with Crippen LogP contribution in [0.5, 0.6) is 11.5 Å². The number of pyridine rings is 1. The second kappa shape index (κ2) is 8.90. The number of hydrogen-bond donors (Lipinski definition) is 1. The lowest BCUT2D eigenvalue weighted by Gasteiger charge is -2.44. The van der Waals surface area contributed by atoms with Gasteiger partial charge in [-0.25, -0.2) is 0 Å². The molecule has 0 bridgehead atoms. The number of ether oxygens (including phenoxy) is 3. The Balaban J connectivity index is 1.28. The molecule has 1 amide bonds. The minimum absolute atomic E-state index is 0.00968. The van der Waals surface area contributed by atoms with Crippen LogP contribution in [0.1, 0.15) is 19.3 Å². The van der Waals surface area contributed by atoms with Gasteiger partial charge in [-0.05, 0) is 55.7 Å². The monoisotopic (exact) mass is 397 g/mol. The minimum atomic E-state index is -0.161. The van der Waals surface area contributed by atoms with Crippen LogP contribution in [0.4, 0.5) is 5.69 Å². The fourth-order valence-electron chi connectivity index (χ4n) is 4.16. The normalized spacial score (nSPS) is 24.5. The smallest absolute Gasteiger partial charge is 0.238 e. The SMILES string of the molecule is CO[C@@H]1CN(CC(=O)Nc2ccc(Oc3cccnc3)cc2)CC[C@@]12CCCO2. The Kier molecular flexibility index (Phi) is 6.08. The van der Waals surface area contributed by atoms with Gasteiger partial charge >= 0.3 is 0 Å². The Morgan fingerprint density at radius 2 is 2.14 bits per heavy atom. The molecule has 2 fully saturated rings. The highest BCUT2D eigenvalue weighted by Crippen LogP contribution is 2.37. The summed E-state index contributed by atoms with van der Waals surface area (Å²) < 4.78 is 17.4. The fraction of sp³-hybridized carbons (Fsp3) is 0.455. The molecule has 4 rings (SSSR count). The first-order valence-electron chi connectivity index (χ1n) is 10.0. The zero-order chi connectivity index (χ0) is 20.1. The van der Waals surface area contributed by atoms with Crippen LogP contribution in [-0.4, -0.2) is 60.8 Å². The minimum Gasteiger partial charge on any atom is -0.456 e. The molecule has 2 aliphatic heterocycles. The summed E-state index contributed by atoms with van der Waals surface area (Å²) in [7, 11) is 1.73. The molecule has 0 saturated carbocycles. The molecule has 2 saturated heterocycles. The van der Waals surface area contributed by atoms with Crippen LogP contribution in [-0.2, 0) is 14.3 Å². The molecular formula is C22H27N3O4. The van der Waals surface area contributed by atoms with E-state index in [0.717, 1.165) is 38.1 Å². The lowest BCUT2D eigenvalue weighted by Crippen LogP contribution is -2.57. The van der Waals surface area contributed by atoms with E-state index in [-0.39, 0.29) is 17.6 Å². The highest BCUT2D eigenvalue weighted by molar-refractivity contribution is 5.92. The van der Waals surface area contributed by atoms with E-state index in [0.29, 0.717) is 24.6 Å². The summed E-state index contributed by atoms with van der Waals surface area (Å²) in [6.45, 7) is 2.69. The third kappa shape index (κ3) is 4.75. The molecule has 29 heavy (non-hydrogen) atoms. The standard InChI is InChI=1S/C22H27N3O4/c1-27-20-15-25(12-10-22(20)9-3-13-28-22)16-21(26)24-17-5-7-18(8-6-17)29-19-4-2-11-23-14-19/h2,4-8,11,14,20H,3,9-10,12-13,15-16H2,1H3,(H,24,26)/t20-,22+/m1/s1. The van der Waals surface area contributed by atoms with Gasteiger partial charge in [-0.2, -0.15) is 0 Å². The number of methoxy groups -OCH3 is 1. The number of hydrogen-bond acceptors (Lipinski definition) is 6. The predicted octanol–water partition coefficient (Wildman–Crippen LogP) is 3.08. The summed E-state index contributed by atoms with van der Waals surface area (Å²) in [4.78, 5) is 18.7. The average molecular weight is 397 g/mol. The maximum Gasteiger partial charge on any atom is 0.238 e. The molecule has 0 unspecified atom stereocenters. The first-order chi connectivity index (χ1) is 14.2. The predicted molar refractivity (Wildman–Crippen MR) is 109 cm³/mol. The van der Waals surface area contributed by atoms with Crippen molar-refractivity contribution in [2.45, 2.75) is 31.0 Å². The van der Waals surface area contributed by atoms with E-state index in [1.54, 1.807) is 19.5 Å². The van der Waals surface area contributed by atoms with Crippen LogP contribution in [0.2, 0.25) is 0 Å². The maximum absolute atomic E-state index is 12.5. The highest BCUT2D eigenvalue weighted by Gasteiger charge is 2.46. The zero-order valence-electron chi connectivity index (χ0n) is 16.7. The summed E-state index contributed by atoms with van der Waals surface area (Å²) >= 11 is 0. The van der Waals surface area contributed by atoms with Crippen molar-refractivity contribution in [2.24, 2.45) is 0 Å². The van der Waals surface area contributed by atoms with Crippen molar-refractivity contribution in [1.29, 1.82) is 0 Å². The van der Waals surface area contributed by atoms with E-state index >= 15 is 0 Å². The quantitative estimate of drug-likeness (QED) is 0.808. The summed E-state index contributed by atoms with van der Waals surface area (Å²) in [6, 6.07) is 11.0. The molecule has 2 aliphatic rings. The number of carbonyl (C=O) groups is 1. The van der Waals surface area contributed by atoms with Crippen LogP contribution < -0.4 is 10.1 Å². The number of likely N-dealkylation sites (tertiary alicyclic amines) is 1. The van der Waals surface area contributed by atoms with Crippen molar-refractivity contribution < 1.29 is 19.0 Å². The molecule has 1 aromatic heterocycles. The first-order valence-corrected chi connectivity index (χ1v) is 10.0. The number of rotatable bonds is 6. The zero-order valence-corrected chi connectivity index (χ0v) is 16.7.